The number of halogens is 1. The summed E-state index contributed by atoms with van der Waals surface area (Å²) in [5.41, 5.74) is 1.75. The number of aromatic nitrogens is 2. The summed E-state index contributed by atoms with van der Waals surface area (Å²) in [7, 11) is 1.57. The van der Waals surface area contributed by atoms with E-state index in [1.54, 1.807) is 31.4 Å². The lowest BCUT2D eigenvalue weighted by Gasteiger charge is -2.16. The van der Waals surface area contributed by atoms with Crippen molar-refractivity contribution in [1.82, 2.24) is 9.55 Å². The van der Waals surface area contributed by atoms with E-state index in [1.807, 2.05) is 48.5 Å². The van der Waals surface area contributed by atoms with Crippen molar-refractivity contribution >= 4 is 34.1 Å². The first-order chi connectivity index (χ1) is 13.2. The summed E-state index contributed by atoms with van der Waals surface area (Å²) in [6.45, 7) is 0. The van der Waals surface area contributed by atoms with Crippen molar-refractivity contribution in [3.05, 3.63) is 88.2 Å². The minimum absolute atomic E-state index is 0.195. The highest BCUT2D eigenvalue weighted by atomic mass is 35.5. The molecule has 0 aliphatic heterocycles. The lowest BCUT2D eigenvalue weighted by molar-refractivity contribution is 0.415. The number of nitrogens with zero attached hydrogens (tertiary/aromatic N) is 2. The van der Waals surface area contributed by atoms with E-state index in [2.05, 4.69) is 10.3 Å². The van der Waals surface area contributed by atoms with Gasteiger partial charge in [-0.05, 0) is 42.5 Å². The average molecular weight is 378 g/mol. The maximum Gasteiger partial charge on any atom is 0.267 e. The molecular formula is C21H16ClN3O2. The van der Waals surface area contributed by atoms with Crippen molar-refractivity contribution in [1.29, 1.82) is 0 Å². The van der Waals surface area contributed by atoms with E-state index in [0.29, 0.717) is 39.0 Å². The molecule has 1 aromatic heterocycles. The van der Waals surface area contributed by atoms with Gasteiger partial charge in [-0.1, -0.05) is 41.9 Å². The van der Waals surface area contributed by atoms with Gasteiger partial charge in [-0.15, -0.1) is 0 Å². The standard InChI is InChI=1S/C21H16ClN3O2/c1-27-15-11-12-18-16(13-15)20(26)25(14-7-3-2-4-8-14)21(23-18)24-19-10-6-5-9-17(19)22/h2-13H,1H3,(H,23,24). The Morgan fingerprint density at radius 1 is 1.00 bits per heavy atom. The number of hydrogen-bond donors (Lipinski definition) is 1. The Hall–Kier alpha value is -3.31. The summed E-state index contributed by atoms with van der Waals surface area (Å²) in [6.07, 6.45) is 0. The SMILES string of the molecule is COc1ccc2nc(Nc3ccccc3Cl)n(-c3ccccc3)c(=O)c2c1. The van der Waals surface area contributed by atoms with Crippen molar-refractivity contribution < 1.29 is 4.74 Å². The summed E-state index contributed by atoms with van der Waals surface area (Å²) in [4.78, 5) is 17.9. The average Bonchev–Trinajstić information content (AvgIpc) is 2.70. The van der Waals surface area contributed by atoms with E-state index in [-0.39, 0.29) is 5.56 Å². The molecule has 27 heavy (non-hydrogen) atoms. The molecule has 0 unspecified atom stereocenters. The van der Waals surface area contributed by atoms with E-state index in [0.717, 1.165) is 0 Å². The van der Waals surface area contributed by atoms with E-state index < -0.39 is 0 Å². The third kappa shape index (κ3) is 3.25. The molecule has 0 spiro atoms. The van der Waals surface area contributed by atoms with Gasteiger partial charge in [0.05, 0.1) is 34.4 Å². The molecule has 0 bridgehead atoms. The Labute approximate surface area is 160 Å². The fraction of sp³-hybridized carbons (Fsp3) is 0.0476. The number of rotatable bonds is 4. The second-order valence-corrected chi connectivity index (χ2v) is 6.31. The molecule has 0 aliphatic rings. The number of hydrogen-bond acceptors (Lipinski definition) is 4. The predicted molar refractivity (Wildman–Crippen MR) is 109 cm³/mol. The molecule has 0 amide bonds. The lowest BCUT2D eigenvalue weighted by atomic mass is 10.2. The van der Waals surface area contributed by atoms with Crippen molar-refractivity contribution in [2.24, 2.45) is 0 Å². The van der Waals surface area contributed by atoms with Gasteiger partial charge in [0.1, 0.15) is 5.75 Å². The molecule has 1 heterocycles. The minimum atomic E-state index is -0.195. The number of anilines is 2. The summed E-state index contributed by atoms with van der Waals surface area (Å²) in [5, 5.41) is 4.21. The molecule has 0 fully saturated rings. The summed E-state index contributed by atoms with van der Waals surface area (Å²) >= 11 is 6.28. The summed E-state index contributed by atoms with van der Waals surface area (Å²) < 4.78 is 6.79. The van der Waals surface area contributed by atoms with Crippen LogP contribution in [0, 0.1) is 0 Å². The zero-order valence-corrected chi connectivity index (χ0v) is 15.3. The van der Waals surface area contributed by atoms with Crippen LogP contribution in [0.25, 0.3) is 16.6 Å². The van der Waals surface area contributed by atoms with Crippen molar-refractivity contribution in [3.8, 4) is 11.4 Å². The first kappa shape index (κ1) is 17.1. The van der Waals surface area contributed by atoms with Crippen LogP contribution in [-0.2, 0) is 0 Å². The lowest BCUT2D eigenvalue weighted by Crippen LogP contribution is -2.22. The van der Waals surface area contributed by atoms with Gasteiger partial charge in [-0.3, -0.25) is 4.79 Å². The molecule has 134 valence electrons. The molecular weight excluding hydrogens is 362 g/mol. The largest absolute Gasteiger partial charge is 0.497 e. The number of fused-ring (bicyclic) bond motifs is 1. The summed E-state index contributed by atoms with van der Waals surface area (Å²) in [5.74, 6) is 0.991. The van der Waals surface area contributed by atoms with Gasteiger partial charge < -0.3 is 10.1 Å². The van der Waals surface area contributed by atoms with Crippen molar-refractivity contribution in [2.45, 2.75) is 0 Å². The fourth-order valence-corrected chi connectivity index (χ4v) is 3.06. The molecule has 1 N–H and O–H groups in total. The topological polar surface area (TPSA) is 56.1 Å². The van der Waals surface area contributed by atoms with Crippen molar-refractivity contribution in [2.75, 3.05) is 12.4 Å². The molecule has 6 heteroatoms. The van der Waals surface area contributed by atoms with Crippen LogP contribution >= 0.6 is 11.6 Å². The van der Waals surface area contributed by atoms with E-state index in [1.165, 1.54) is 4.57 Å². The van der Waals surface area contributed by atoms with Gasteiger partial charge in [0.15, 0.2) is 0 Å². The van der Waals surface area contributed by atoms with Crippen molar-refractivity contribution in [3.63, 3.8) is 0 Å². The molecule has 5 nitrogen and oxygen atoms in total. The quantitative estimate of drug-likeness (QED) is 0.555. The zero-order chi connectivity index (χ0) is 18.8. The Kier molecular flexibility index (Phi) is 4.52. The number of nitrogens with one attached hydrogen (secondary N) is 1. The van der Waals surface area contributed by atoms with Gasteiger partial charge in [0.2, 0.25) is 5.95 Å². The maximum absolute atomic E-state index is 13.3. The highest BCUT2D eigenvalue weighted by molar-refractivity contribution is 6.33. The Balaban J connectivity index is 1.99. The van der Waals surface area contributed by atoms with Crippen LogP contribution in [0.3, 0.4) is 0 Å². The first-order valence-electron chi connectivity index (χ1n) is 8.35. The van der Waals surface area contributed by atoms with Gasteiger partial charge in [-0.25, -0.2) is 9.55 Å². The normalized spacial score (nSPS) is 10.7. The monoisotopic (exact) mass is 377 g/mol. The van der Waals surface area contributed by atoms with E-state index in [4.69, 9.17) is 16.3 Å². The molecule has 3 aromatic carbocycles. The van der Waals surface area contributed by atoms with Crippen LogP contribution in [-0.4, -0.2) is 16.7 Å². The van der Waals surface area contributed by atoms with Gasteiger partial charge >= 0.3 is 0 Å². The number of benzene rings is 3. The molecule has 4 rings (SSSR count). The van der Waals surface area contributed by atoms with Crippen LogP contribution in [0.5, 0.6) is 5.75 Å². The number of ether oxygens (including phenoxy) is 1. The van der Waals surface area contributed by atoms with Gasteiger partial charge in [0.25, 0.3) is 5.56 Å². The maximum atomic E-state index is 13.3. The Morgan fingerprint density at radius 2 is 1.74 bits per heavy atom. The molecule has 0 atom stereocenters. The Bertz CT molecular complexity index is 1170. The molecule has 0 saturated heterocycles. The Morgan fingerprint density at radius 3 is 2.48 bits per heavy atom. The van der Waals surface area contributed by atoms with Crippen LogP contribution in [0.4, 0.5) is 11.6 Å². The van der Waals surface area contributed by atoms with Crippen LogP contribution in [0.2, 0.25) is 5.02 Å². The van der Waals surface area contributed by atoms with Crippen LogP contribution in [0.15, 0.2) is 77.6 Å². The van der Waals surface area contributed by atoms with Crippen LogP contribution in [0.1, 0.15) is 0 Å². The third-order valence-electron chi connectivity index (χ3n) is 4.21. The highest BCUT2D eigenvalue weighted by Crippen LogP contribution is 2.26. The van der Waals surface area contributed by atoms with Crippen LogP contribution < -0.4 is 15.6 Å². The third-order valence-corrected chi connectivity index (χ3v) is 4.54. The smallest absolute Gasteiger partial charge is 0.267 e. The summed E-state index contributed by atoms with van der Waals surface area (Å²) in [6, 6.07) is 21.9. The van der Waals surface area contributed by atoms with E-state index >= 15 is 0 Å². The van der Waals surface area contributed by atoms with E-state index in [9.17, 15) is 4.79 Å². The highest BCUT2D eigenvalue weighted by Gasteiger charge is 2.14. The number of para-hydroxylation sites is 2. The first-order valence-corrected chi connectivity index (χ1v) is 8.73. The molecule has 0 aliphatic carbocycles. The van der Waals surface area contributed by atoms with Gasteiger partial charge in [0, 0.05) is 0 Å². The molecule has 0 saturated carbocycles. The molecule has 4 aromatic rings. The minimum Gasteiger partial charge on any atom is -0.497 e. The van der Waals surface area contributed by atoms with Gasteiger partial charge in [-0.2, -0.15) is 0 Å². The predicted octanol–water partition coefficient (Wildman–Crippen LogP) is 4.79. The number of methoxy groups -OCH3 is 1. The molecule has 0 radical (unpaired) electrons. The zero-order valence-electron chi connectivity index (χ0n) is 14.5. The second-order valence-electron chi connectivity index (χ2n) is 5.90. The fourth-order valence-electron chi connectivity index (χ4n) is 2.88. The second kappa shape index (κ2) is 7.13.